The number of hydrogen-bond donors (Lipinski definition) is 0. The molecule has 0 heterocycles. The maximum atomic E-state index is 12.7. The first-order chi connectivity index (χ1) is 5.75. The van der Waals surface area contributed by atoms with Crippen LogP contribution in [0.25, 0.3) is 0 Å². The van der Waals surface area contributed by atoms with E-state index >= 15 is 0 Å². The van der Waals surface area contributed by atoms with E-state index in [0.29, 0.717) is 0 Å². The van der Waals surface area contributed by atoms with E-state index in [1.54, 1.807) is 0 Å². The molecule has 0 aliphatic heterocycles. The molecular weight excluding hydrogens is 1210 g/mol. The fourth-order valence-corrected chi connectivity index (χ4v) is 8.57. The summed E-state index contributed by atoms with van der Waals surface area (Å²) in [4.78, 5) is 0. The molecular formula is C4I9O. The van der Waals surface area contributed by atoms with Crippen LogP contribution in [0, 0.1) is 0 Å². The monoisotopic (exact) mass is 1210 g/mol. The van der Waals surface area contributed by atoms with Crippen molar-refractivity contribution in [2.75, 3.05) is 0 Å². The van der Waals surface area contributed by atoms with E-state index < -0.39 is 3.61 Å². The van der Waals surface area contributed by atoms with Crippen molar-refractivity contribution in [3.05, 3.63) is 0 Å². The number of hydrogen-bond acceptors (Lipinski definition) is 0. The Morgan fingerprint density at radius 3 is 0.929 bits per heavy atom. The summed E-state index contributed by atoms with van der Waals surface area (Å²) in [6, 6.07) is 0. The summed E-state index contributed by atoms with van der Waals surface area (Å²) < 4.78 is -1.89. The fraction of sp³-hybridized carbons (Fsp3) is 1.00. The third-order valence-corrected chi connectivity index (χ3v) is 21.9. The van der Waals surface area contributed by atoms with E-state index in [1.807, 2.05) is 22.6 Å². The molecule has 14 heavy (non-hydrogen) atoms. The third-order valence-electron chi connectivity index (χ3n) is 1.12. The van der Waals surface area contributed by atoms with Crippen LogP contribution >= 0.6 is 203 Å². The van der Waals surface area contributed by atoms with Crippen LogP contribution < -0.4 is 0 Å². The Morgan fingerprint density at radius 1 is 0.571 bits per heavy atom. The van der Waals surface area contributed by atoms with Gasteiger partial charge in [-0.2, -0.15) is 0 Å². The molecule has 0 aromatic carbocycles. The fourth-order valence-electron chi connectivity index (χ4n) is 0.360. The average Bonchev–Trinajstić information content (AvgIpc) is 1.81. The maximum absolute atomic E-state index is 12.7. The SMILES string of the molecule is [O]C(I)(C(I)(I)I)C(I)(I)C(I)(I)I. The van der Waals surface area contributed by atoms with Gasteiger partial charge in [-0.05, 0) is 22.6 Å². The maximum Gasteiger partial charge on any atom is 0.212 e. The van der Waals surface area contributed by atoms with Crippen LogP contribution in [0.2, 0.25) is 0 Å². The van der Waals surface area contributed by atoms with Crippen LogP contribution in [-0.2, 0) is 5.11 Å². The molecule has 0 bridgehead atoms. The summed E-state index contributed by atoms with van der Waals surface area (Å²) in [6.07, 6.45) is 0. The highest BCUT2D eigenvalue weighted by molar-refractivity contribution is 14.3. The second-order valence-electron chi connectivity index (χ2n) is 2.17. The van der Waals surface area contributed by atoms with Crippen LogP contribution in [0.4, 0.5) is 0 Å². The summed E-state index contributed by atoms with van der Waals surface area (Å²) in [5, 5.41) is 12.7. The van der Waals surface area contributed by atoms with E-state index in [9.17, 15) is 5.11 Å². The van der Waals surface area contributed by atoms with Gasteiger partial charge >= 0.3 is 0 Å². The van der Waals surface area contributed by atoms with Gasteiger partial charge in [0.05, 0.1) is 0 Å². The molecule has 0 rings (SSSR count). The van der Waals surface area contributed by atoms with Crippen molar-refractivity contribution in [1.82, 2.24) is 0 Å². The number of halogens is 9. The minimum Gasteiger partial charge on any atom is -0.212 e. The van der Waals surface area contributed by atoms with Crippen LogP contribution in [0.5, 0.6) is 0 Å². The number of alkyl halides is 9. The quantitative estimate of drug-likeness (QED) is 0.214. The van der Waals surface area contributed by atoms with Crippen molar-refractivity contribution in [3.8, 4) is 0 Å². The molecule has 0 saturated heterocycles. The summed E-state index contributed by atoms with van der Waals surface area (Å²) in [7, 11) is 0. The van der Waals surface area contributed by atoms with Gasteiger partial charge in [0, 0.05) is 0 Å². The molecule has 0 aliphatic carbocycles. The Labute approximate surface area is 206 Å². The zero-order valence-electron chi connectivity index (χ0n) is 5.81. The number of rotatable bonds is 3. The molecule has 0 aromatic rings. The van der Waals surface area contributed by atoms with Crippen molar-refractivity contribution >= 4 is 203 Å². The average molecular weight is 1210 g/mol. The van der Waals surface area contributed by atoms with Crippen molar-refractivity contribution in [2.24, 2.45) is 0 Å². The van der Waals surface area contributed by atoms with Crippen LogP contribution in [0.15, 0.2) is 0 Å². The van der Waals surface area contributed by atoms with E-state index in [0.717, 1.165) is 0 Å². The smallest absolute Gasteiger partial charge is 0.212 e. The molecule has 1 nitrogen and oxygen atoms in total. The van der Waals surface area contributed by atoms with Gasteiger partial charge < -0.3 is 0 Å². The molecule has 0 fully saturated rings. The first kappa shape index (κ1) is 20.5. The Balaban J connectivity index is 5.30. The van der Waals surface area contributed by atoms with Crippen molar-refractivity contribution in [2.45, 2.75) is 3.91 Å². The lowest BCUT2D eigenvalue weighted by atomic mass is 10.3. The largest absolute Gasteiger partial charge is 0.212 e. The van der Waals surface area contributed by atoms with Crippen molar-refractivity contribution in [3.63, 3.8) is 0 Å². The lowest BCUT2D eigenvalue weighted by Gasteiger charge is -2.43. The zero-order chi connectivity index (χ0) is 12.0. The molecule has 0 aliphatic rings. The lowest BCUT2D eigenvalue weighted by Crippen LogP contribution is -2.54. The van der Waals surface area contributed by atoms with E-state index in [1.165, 1.54) is 0 Å². The second-order valence-corrected chi connectivity index (χ2v) is 31.1. The van der Waals surface area contributed by atoms with E-state index in [2.05, 4.69) is 181 Å². The molecule has 0 spiro atoms. The topological polar surface area (TPSA) is 19.9 Å². The molecule has 0 saturated carbocycles. The van der Waals surface area contributed by atoms with Gasteiger partial charge in [0.1, 0.15) is 1.43 Å². The van der Waals surface area contributed by atoms with Crippen molar-refractivity contribution < 1.29 is 5.11 Å². The van der Waals surface area contributed by atoms with Crippen LogP contribution in [0.3, 0.4) is 0 Å². The van der Waals surface area contributed by atoms with Gasteiger partial charge in [0.15, 0.2) is -1.13 Å². The first-order valence-corrected chi connectivity index (χ1v) is 12.4. The highest BCUT2D eigenvalue weighted by atomic mass is 127. The minimum absolute atomic E-state index is 0.114. The predicted molar refractivity (Wildman–Crippen MR) is 138 cm³/mol. The summed E-state index contributed by atoms with van der Waals surface area (Å²) >= 11 is 20.2. The lowest BCUT2D eigenvalue weighted by molar-refractivity contribution is 0.0910. The zero-order valence-corrected chi connectivity index (χ0v) is 25.2. The van der Waals surface area contributed by atoms with Gasteiger partial charge in [0.2, 0.25) is 3.61 Å². The second kappa shape index (κ2) is 7.19. The Bertz CT molecular complexity index is 186. The molecule has 10 heteroatoms. The molecule has 1 unspecified atom stereocenters. The minimum atomic E-state index is -1.05. The van der Waals surface area contributed by atoms with Crippen LogP contribution in [-0.4, -0.2) is 3.91 Å². The summed E-state index contributed by atoms with van der Waals surface area (Å²) in [6.45, 7) is 0. The van der Waals surface area contributed by atoms with Gasteiger partial charge in [-0.1, -0.05) is 181 Å². The highest BCUT2D eigenvalue weighted by Gasteiger charge is 2.65. The molecule has 0 amide bonds. The van der Waals surface area contributed by atoms with E-state index in [4.69, 9.17) is 0 Å². The van der Waals surface area contributed by atoms with Gasteiger partial charge in [-0.15, -0.1) is 0 Å². The van der Waals surface area contributed by atoms with Crippen molar-refractivity contribution in [1.29, 1.82) is 0 Å². The first-order valence-electron chi connectivity index (χ1n) is 2.65. The van der Waals surface area contributed by atoms with Gasteiger partial charge in [0.25, 0.3) is 0 Å². The Hall–Kier alpha value is 6.53. The Morgan fingerprint density at radius 2 is 0.857 bits per heavy atom. The third kappa shape index (κ3) is 5.06. The van der Waals surface area contributed by atoms with Gasteiger partial charge in [-0.25, -0.2) is 5.11 Å². The molecule has 0 N–H and O–H groups in total. The standard InChI is InChI=1S/C4I9O/c5-1(6,3(8,9)10)2(7,14)4(11,12)13. The van der Waals surface area contributed by atoms with Crippen LogP contribution in [0.1, 0.15) is 0 Å². The highest BCUT2D eigenvalue weighted by Crippen LogP contribution is 2.67. The molecule has 0 aromatic heterocycles. The molecule has 1 atom stereocenters. The van der Waals surface area contributed by atoms with E-state index in [-0.39, 0.29) is 0.299 Å². The Kier molecular flexibility index (Phi) is 10.6. The molecule has 1 radical (unpaired) electrons. The van der Waals surface area contributed by atoms with Gasteiger partial charge in [-0.3, -0.25) is 0 Å². The normalized spacial score (nSPS) is 19.3. The molecule has 85 valence electrons. The predicted octanol–water partition coefficient (Wildman–Crippen LogP) is 7.03. The summed E-state index contributed by atoms with van der Waals surface area (Å²) in [5.41, 5.74) is 0. The summed E-state index contributed by atoms with van der Waals surface area (Å²) in [5.74, 6) is 0.